The van der Waals surface area contributed by atoms with Gasteiger partial charge < -0.3 is 25.0 Å². The lowest BCUT2D eigenvalue weighted by Gasteiger charge is -2.29. The second-order valence-corrected chi connectivity index (χ2v) is 9.37. The van der Waals surface area contributed by atoms with Crippen LogP contribution >= 0.6 is 0 Å². The molecule has 10 nitrogen and oxygen atoms in total. The number of anilines is 2. The Kier molecular flexibility index (Phi) is 8.04. The smallest absolute Gasteiger partial charge is 0.311 e. The predicted octanol–water partition coefficient (Wildman–Crippen LogP) is 4.38. The van der Waals surface area contributed by atoms with Crippen LogP contribution < -0.4 is 25.0 Å². The Balaban J connectivity index is 1.31. The van der Waals surface area contributed by atoms with Crippen LogP contribution in [0.2, 0.25) is 0 Å². The van der Waals surface area contributed by atoms with Gasteiger partial charge in [-0.15, -0.1) is 0 Å². The van der Waals surface area contributed by atoms with Gasteiger partial charge in [-0.1, -0.05) is 12.1 Å². The third-order valence-corrected chi connectivity index (χ3v) is 6.71. The van der Waals surface area contributed by atoms with Gasteiger partial charge in [-0.2, -0.15) is 4.98 Å². The lowest BCUT2D eigenvalue weighted by molar-refractivity contribution is -0.385. The summed E-state index contributed by atoms with van der Waals surface area (Å²) in [5, 5.41) is 19.4. The topological polar surface area (TPSA) is 115 Å². The fourth-order valence-corrected chi connectivity index (χ4v) is 4.80. The first-order valence-electron chi connectivity index (χ1n) is 12.2. The lowest BCUT2D eigenvalue weighted by Crippen LogP contribution is -2.31. The van der Waals surface area contributed by atoms with Crippen LogP contribution in [0, 0.1) is 16.0 Å². The Morgan fingerprint density at radius 1 is 1.06 bits per heavy atom. The minimum absolute atomic E-state index is 0.0602. The van der Waals surface area contributed by atoms with Crippen LogP contribution in [0.25, 0.3) is 10.9 Å². The monoisotopic (exact) mass is 494 g/mol. The molecule has 0 bridgehead atoms. The summed E-state index contributed by atoms with van der Waals surface area (Å²) in [4.78, 5) is 22.5. The van der Waals surface area contributed by atoms with E-state index in [1.165, 1.54) is 13.2 Å². The van der Waals surface area contributed by atoms with Gasteiger partial charge in [0.2, 0.25) is 11.7 Å². The first kappa shape index (κ1) is 25.4. The summed E-state index contributed by atoms with van der Waals surface area (Å²) in [6.45, 7) is 1.33. The van der Waals surface area contributed by atoms with Gasteiger partial charge in [-0.25, -0.2) is 4.98 Å². The van der Waals surface area contributed by atoms with Crippen molar-refractivity contribution in [3.8, 4) is 11.5 Å². The van der Waals surface area contributed by atoms with Crippen LogP contribution in [-0.4, -0.2) is 55.8 Å². The van der Waals surface area contributed by atoms with Crippen molar-refractivity contribution in [2.24, 2.45) is 5.92 Å². The summed E-state index contributed by atoms with van der Waals surface area (Å²) in [7, 11) is 6.96. The highest BCUT2D eigenvalue weighted by Gasteiger charge is 2.23. The molecule has 10 heteroatoms. The fraction of sp³-hybridized carbons (Fsp3) is 0.462. The number of fused-ring (bicyclic) bond motifs is 1. The van der Waals surface area contributed by atoms with E-state index in [0.717, 1.165) is 54.5 Å². The van der Waals surface area contributed by atoms with Crippen molar-refractivity contribution in [1.82, 2.24) is 15.3 Å². The Labute approximate surface area is 211 Å². The Morgan fingerprint density at radius 2 is 1.78 bits per heavy atom. The standard InChI is InChI=1S/C26H34N6O4/c1-31(2)25-20-7-5-6-8-21(20)29-26(30-25)28-19-11-9-17(10-12-19)15-27-16-18-13-22(32(33)34)24(36-4)14-23(18)35-3/h5-8,13-14,17,19,27H,9-12,15-16H2,1-4H3,(H,28,29,30). The van der Waals surface area contributed by atoms with E-state index < -0.39 is 4.92 Å². The van der Waals surface area contributed by atoms with E-state index in [1.54, 1.807) is 13.2 Å². The van der Waals surface area contributed by atoms with Gasteiger partial charge in [0.25, 0.3) is 0 Å². The summed E-state index contributed by atoms with van der Waals surface area (Å²) >= 11 is 0. The zero-order chi connectivity index (χ0) is 25.7. The maximum Gasteiger partial charge on any atom is 0.311 e. The van der Waals surface area contributed by atoms with Crippen molar-refractivity contribution in [2.75, 3.05) is 45.1 Å². The minimum Gasteiger partial charge on any atom is -0.496 e. The number of nitrogens with one attached hydrogen (secondary N) is 2. The van der Waals surface area contributed by atoms with Crippen molar-refractivity contribution in [1.29, 1.82) is 0 Å². The van der Waals surface area contributed by atoms with Gasteiger partial charge in [0.15, 0.2) is 0 Å². The predicted molar refractivity (Wildman–Crippen MR) is 141 cm³/mol. The number of nitrogens with zero attached hydrogens (tertiary/aromatic N) is 4. The number of benzene rings is 2. The molecule has 1 aliphatic rings. The first-order valence-corrected chi connectivity index (χ1v) is 12.2. The van der Waals surface area contributed by atoms with Crippen LogP contribution in [-0.2, 0) is 6.54 Å². The van der Waals surface area contributed by atoms with Crippen LogP contribution in [0.3, 0.4) is 0 Å². The maximum atomic E-state index is 11.4. The summed E-state index contributed by atoms with van der Waals surface area (Å²) in [6.07, 6.45) is 4.24. The summed E-state index contributed by atoms with van der Waals surface area (Å²) < 4.78 is 10.6. The van der Waals surface area contributed by atoms with E-state index in [2.05, 4.69) is 10.6 Å². The zero-order valence-corrected chi connectivity index (χ0v) is 21.3. The molecule has 0 aliphatic heterocycles. The molecule has 192 valence electrons. The molecule has 1 fully saturated rings. The molecule has 2 aromatic carbocycles. The van der Waals surface area contributed by atoms with Gasteiger partial charge in [-0.05, 0) is 50.3 Å². The first-order chi connectivity index (χ1) is 17.4. The van der Waals surface area contributed by atoms with Crippen LogP contribution in [0.1, 0.15) is 31.2 Å². The SMILES string of the molecule is COc1cc(OC)c([N+](=O)[O-])cc1CNCC1CCC(Nc2nc(N(C)C)c3ccccc3n2)CC1. The third kappa shape index (κ3) is 5.76. The van der Waals surface area contributed by atoms with Crippen LogP contribution in [0.15, 0.2) is 36.4 Å². The largest absolute Gasteiger partial charge is 0.496 e. The van der Waals surface area contributed by atoms with E-state index >= 15 is 0 Å². The number of hydrogen-bond acceptors (Lipinski definition) is 9. The van der Waals surface area contributed by atoms with Crippen molar-refractivity contribution >= 4 is 28.4 Å². The molecular weight excluding hydrogens is 460 g/mol. The molecule has 0 amide bonds. The highest BCUT2D eigenvalue weighted by molar-refractivity contribution is 5.90. The Morgan fingerprint density at radius 3 is 2.44 bits per heavy atom. The minimum atomic E-state index is -0.434. The lowest BCUT2D eigenvalue weighted by atomic mass is 9.86. The number of nitro benzene ring substituents is 1. The van der Waals surface area contributed by atoms with Gasteiger partial charge in [-0.3, -0.25) is 10.1 Å². The third-order valence-electron chi connectivity index (χ3n) is 6.71. The Bertz CT molecular complexity index is 1210. The molecule has 1 heterocycles. The number of para-hydroxylation sites is 1. The van der Waals surface area contributed by atoms with Crippen molar-refractivity contribution < 1.29 is 14.4 Å². The molecular formula is C26H34N6O4. The number of hydrogen-bond donors (Lipinski definition) is 2. The number of nitro groups is 1. The van der Waals surface area contributed by atoms with Crippen molar-refractivity contribution in [2.45, 2.75) is 38.3 Å². The number of methoxy groups -OCH3 is 2. The molecule has 0 radical (unpaired) electrons. The molecule has 0 spiro atoms. The number of aromatic nitrogens is 2. The summed E-state index contributed by atoms with van der Waals surface area (Å²) in [5.41, 5.74) is 1.62. The molecule has 36 heavy (non-hydrogen) atoms. The molecule has 3 aromatic rings. The van der Waals surface area contributed by atoms with E-state index in [4.69, 9.17) is 19.4 Å². The van der Waals surface area contributed by atoms with Crippen LogP contribution in [0.5, 0.6) is 11.5 Å². The second-order valence-electron chi connectivity index (χ2n) is 9.37. The van der Waals surface area contributed by atoms with Gasteiger partial charge in [0.1, 0.15) is 11.6 Å². The van der Waals surface area contributed by atoms with E-state index in [-0.39, 0.29) is 11.4 Å². The second kappa shape index (κ2) is 11.4. The maximum absolute atomic E-state index is 11.4. The molecule has 0 unspecified atom stereocenters. The number of ether oxygens (including phenoxy) is 2. The average Bonchev–Trinajstić information content (AvgIpc) is 2.88. The molecule has 0 saturated heterocycles. The molecule has 2 N–H and O–H groups in total. The van der Waals surface area contributed by atoms with E-state index in [9.17, 15) is 10.1 Å². The Hall–Kier alpha value is -3.66. The highest BCUT2D eigenvalue weighted by atomic mass is 16.6. The van der Waals surface area contributed by atoms with Gasteiger partial charge >= 0.3 is 5.69 Å². The van der Waals surface area contributed by atoms with E-state index in [1.807, 2.05) is 43.3 Å². The van der Waals surface area contributed by atoms with Crippen molar-refractivity contribution in [3.05, 3.63) is 52.1 Å². The zero-order valence-electron chi connectivity index (χ0n) is 21.3. The number of rotatable bonds is 10. The quantitative estimate of drug-likeness (QED) is 0.313. The average molecular weight is 495 g/mol. The molecule has 0 atom stereocenters. The van der Waals surface area contributed by atoms with Crippen molar-refractivity contribution in [3.63, 3.8) is 0 Å². The molecule has 1 aromatic heterocycles. The van der Waals surface area contributed by atoms with Crippen LogP contribution in [0.4, 0.5) is 17.5 Å². The normalized spacial score (nSPS) is 17.6. The van der Waals surface area contributed by atoms with E-state index in [0.29, 0.717) is 30.2 Å². The summed E-state index contributed by atoms with van der Waals surface area (Å²) in [6, 6.07) is 11.5. The summed E-state index contributed by atoms with van der Waals surface area (Å²) in [5.74, 6) is 2.89. The van der Waals surface area contributed by atoms with Gasteiger partial charge in [0, 0.05) is 49.8 Å². The fourth-order valence-electron chi connectivity index (χ4n) is 4.80. The molecule has 4 rings (SSSR count). The highest BCUT2D eigenvalue weighted by Crippen LogP contribution is 2.34. The molecule has 1 aliphatic carbocycles. The molecule has 1 saturated carbocycles. The van der Waals surface area contributed by atoms with Gasteiger partial charge in [0.05, 0.1) is 24.7 Å².